The van der Waals surface area contributed by atoms with Crippen molar-refractivity contribution in [1.29, 1.82) is 0 Å². The van der Waals surface area contributed by atoms with E-state index in [0.29, 0.717) is 0 Å². The molecular weight excluding hydrogens is 230 g/mol. The second-order valence-electron chi connectivity index (χ2n) is 4.79. The van der Waals surface area contributed by atoms with Crippen LogP contribution in [0.5, 0.6) is 0 Å². The van der Waals surface area contributed by atoms with Gasteiger partial charge in [0.15, 0.2) is 5.43 Å². The zero-order valence-corrected chi connectivity index (χ0v) is 10.8. The molecular formula is C13H19N3O2. The first-order valence-corrected chi connectivity index (χ1v) is 6.27. The summed E-state index contributed by atoms with van der Waals surface area (Å²) in [6, 6.07) is 1.68. The van der Waals surface area contributed by atoms with Gasteiger partial charge in [0.05, 0.1) is 0 Å². The number of hydrogen-bond acceptors (Lipinski definition) is 3. The molecule has 2 rings (SSSR count). The van der Waals surface area contributed by atoms with Gasteiger partial charge >= 0.3 is 0 Å². The van der Waals surface area contributed by atoms with Gasteiger partial charge in [-0.1, -0.05) is 0 Å². The second kappa shape index (κ2) is 5.35. The molecule has 1 aliphatic heterocycles. The van der Waals surface area contributed by atoms with Crippen LogP contribution >= 0.6 is 0 Å². The van der Waals surface area contributed by atoms with Crippen molar-refractivity contribution < 1.29 is 4.79 Å². The van der Waals surface area contributed by atoms with E-state index in [4.69, 9.17) is 0 Å². The number of nitrogens with one attached hydrogen (secondary N) is 2. The molecule has 1 aromatic heterocycles. The largest absolute Gasteiger partial charge is 0.364 e. The molecule has 5 nitrogen and oxygen atoms in total. The van der Waals surface area contributed by atoms with E-state index in [1.165, 1.54) is 12.3 Å². The fourth-order valence-electron chi connectivity index (χ4n) is 2.29. The van der Waals surface area contributed by atoms with Crippen LogP contribution in [0.25, 0.3) is 0 Å². The quantitative estimate of drug-likeness (QED) is 0.802. The van der Waals surface area contributed by atoms with Crippen LogP contribution in [0.1, 0.15) is 28.9 Å². The van der Waals surface area contributed by atoms with Gasteiger partial charge < -0.3 is 15.2 Å². The Morgan fingerprint density at radius 3 is 2.67 bits per heavy atom. The van der Waals surface area contributed by atoms with Crippen LogP contribution in [0.2, 0.25) is 0 Å². The Morgan fingerprint density at radius 2 is 2.06 bits per heavy atom. The van der Waals surface area contributed by atoms with Crippen molar-refractivity contribution in [3.05, 3.63) is 33.7 Å². The monoisotopic (exact) mass is 249 g/mol. The number of aryl methyl sites for hydroxylation is 1. The molecule has 5 heteroatoms. The Kier molecular flexibility index (Phi) is 3.81. The summed E-state index contributed by atoms with van der Waals surface area (Å²) in [5, 5.41) is 3.26. The molecule has 1 saturated heterocycles. The van der Waals surface area contributed by atoms with E-state index >= 15 is 0 Å². The van der Waals surface area contributed by atoms with Crippen LogP contribution in [-0.4, -0.2) is 42.0 Å². The summed E-state index contributed by atoms with van der Waals surface area (Å²) in [4.78, 5) is 28.7. The maximum atomic E-state index is 12.3. The number of rotatable bonds is 2. The Labute approximate surface area is 106 Å². The summed E-state index contributed by atoms with van der Waals surface area (Å²) in [6.07, 6.45) is 3.38. The molecule has 18 heavy (non-hydrogen) atoms. The first-order chi connectivity index (χ1) is 8.59. The average molecular weight is 249 g/mol. The third-order valence-corrected chi connectivity index (χ3v) is 3.46. The van der Waals surface area contributed by atoms with Crippen molar-refractivity contribution in [2.75, 3.05) is 20.1 Å². The van der Waals surface area contributed by atoms with Gasteiger partial charge in [0.25, 0.3) is 5.91 Å². The van der Waals surface area contributed by atoms with Crippen LogP contribution in [-0.2, 0) is 0 Å². The predicted molar refractivity (Wildman–Crippen MR) is 69.8 cm³/mol. The number of hydrogen-bond donors (Lipinski definition) is 2. The van der Waals surface area contributed by atoms with Crippen molar-refractivity contribution >= 4 is 5.91 Å². The van der Waals surface area contributed by atoms with Crippen LogP contribution in [0.4, 0.5) is 0 Å². The van der Waals surface area contributed by atoms with Gasteiger partial charge in [0.1, 0.15) is 5.56 Å². The lowest BCUT2D eigenvalue weighted by atomic mass is 10.0. The fourth-order valence-corrected chi connectivity index (χ4v) is 2.29. The van der Waals surface area contributed by atoms with Crippen molar-refractivity contribution in [3.8, 4) is 0 Å². The SMILES string of the molecule is Cc1cc(=O)c(C(=O)N(C)C2CCNCC2)c[nH]1. The molecule has 2 heterocycles. The third-order valence-electron chi connectivity index (χ3n) is 3.46. The molecule has 0 unspecified atom stereocenters. The number of amides is 1. The summed E-state index contributed by atoms with van der Waals surface area (Å²) in [7, 11) is 1.78. The van der Waals surface area contributed by atoms with Crippen molar-refractivity contribution in [3.63, 3.8) is 0 Å². The van der Waals surface area contributed by atoms with Gasteiger partial charge in [-0.3, -0.25) is 9.59 Å². The maximum absolute atomic E-state index is 12.3. The number of H-pyrrole nitrogens is 1. The molecule has 0 aromatic carbocycles. The minimum Gasteiger partial charge on any atom is -0.364 e. The lowest BCUT2D eigenvalue weighted by molar-refractivity contribution is 0.0701. The number of carbonyl (C=O) groups excluding carboxylic acids is 1. The summed E-state index contributed by atoms with van der Waals surface area (Å²) < 4.78 is 0. The third kappa shape index (κ3) is 2.61. The lowest BCUT2D eigenvalue weighted by Crippen LogP contribution is -2.45. The van der Waals surface area contributed by atoms with Gasteiger partial charge in [0.2, 0.25) is 0 Å². The standard InChI is InChI=1S/C13H19N3O2/c1-9-7-12(17)11(8-15-9)13(18)16(2)10-3-5-14-6-4-10/h7-8,10,14H,3-6H2,1-2H3,(H,15,17). The average Bonchev–Trinajstić information content (AvgIpc) is 2.38. The van der Waals surface area contributed by atoms with Crippen molar-refractivity contribution in [2.24, 2.45) is 0 Å². The Morgan fingerprint density at radius 1 is 1.39 bits per heavy atom. The van der Waals surface area contributed by atoms with Crippen LogP contribution in [0.3, 0.4) is 0 Å². The first-order valence-electron chi connectivity index (χ1n) is 6.27. The molecule has 0 atom stereocenters. The van der Waals surface area contributed by atoms with Crippen molar-refractivity contribution in [1.82, 2.24) is 15.2 Å². The van der Waals surface area contributed by atoms with E-state index in [9.17, 15) is 9.59 Å². The highest BCUT2D eigenvalue weighted by Crippen LogP contribution is 2.12. The first kappa shape index (κ1) is 12.8. The van der Waals surface area contributed by atoms with Gasteiger partial charge in [-0.15, -0.1) is 0 Å². The van der Waals surface area contributed by atoms with E-state index in [2.05, 4.69) is 10.3 Å². The number of aromatic nitrogens is 1. The van der Waals surface area contributed by atoms with Crippen LogP contribution in [0, 0.1) is 6.92 Å². The zero-order valence-electron chi connectivity index (χ0n) is 10.8. The molecule has 0 saturated carbocycles. The number of piperidine rings is 1. The molecule has 0 bridgehead atoms. The minimum atomic E-state index is -0.211. The van der Waals surface area contributed by atoms with E-state index < -0.39 is 0 Å². The number of carbonyl (C=O) groups is 1. The fraction of sp³-hybridized carbons (Fsp3) is 0.538. The van der Waals surface area contributed by atoms with E-state index in [0.717, 1.165) is 31.6 Å². The zero-order chi connectivity index (χ0) is 13.1. The molecule has 0 radical (unpaired) electrons. The second-order valence-corrected chi connectivity index (χ2v) is 4.79. The highest BCUT2D eigenvalue weighted by molar-refractivity contribution is 5.93. The molecule has 1 amide bonds. The Bertz CT molecular complexity index is 489. The van der Waals surface area contributed by atoms with Gasteiger partial charge in [-0.2, -0.15) is 0 Å². The topological polar surface area (TPSA) is 65.2 Å². The summed E-state index contributed by atoms with van der Waals surface area (Å²) >= 11 is 0. The highest BCUT2D eigenvalue weighted by Gasteiger charge is 2.24. The number of pyridine rings is 1. The minimum absolute atomic E-state index is 0.192. The molecule has 1 aliphatic rings. The van der Waals surface area contributed by atoms with Crippen molar-refractivity contribution in [2.45, 2.75) is 25.8 Å². The Hall–Kier alpha value is -1.62. The molecule has 98 valence electrons. The number of nitrogens with zero attached hydrogens (tertiary/aromatic N) is 1. The predicted octanol–water partition coefficient (Wildman–Crippen LogP) is 0.507. The molecule has 0 spiro atoms. The molecule has 0 aliphatic carbocycles. The van der Waals surface area contributed by atoms with E-state index in [1.807, 2.05) is 0 Å². The Balaban J connectivity index is 2.17. The van der Waals surface area contributed by atoms with Crippen LogP contribution in [0.15, 0.2) is 17.1 Å². The summed E-state index contributed by atoms with van der Waals surface area (Å²) in [5.41, 5.74) is 0.778. The van der Waals surface area contributed by atoms with E-state index in [-0.39, 0.29) is 22.9 Å². The molecule has 1 aromatic rings. The van der Waals surface area contributed by atoms with Gasteiger partial charge in [-0.25, -0.2) is 0 Å². The highest BCUT2D eigenvalue weighted by atomic mass is 16.2. The van der Waals surface area contributed by atoms with Gasteiger partial charge in [0, 0.05) is 31.0 Å². The van der Waals surface area contributed by atoms with Crippen LogP contribution < -0.4 is 10.7 Å². The summed E-state index contributed by atoms with van der Waals surface area (Å²) in [6.45, 7) is 3.64. The lowest BCUT2D eigenvalue weighted by Gasteiger charge is -2.31. The normalized spacial score (nSPS) is 16.6. The smallest absolute Gasteiger partial charge is 0.259 e. The molecule has 1 fully saturated rings. The van der Waals surface area contributed by atoms with E-state index in [1.54, 1.807) is 18.9 Å². The summed E-state index contributed by atoms with van der Waals surface area (Å²) in [5.74, 6) is -0.192. The molecule has 2 N–H and O–H groups in total. The van der Waals surface area contributed by atoms with Gasteiger partial charge in [-0.05, 0) is 32.9 Å². The maximum Gasteiger partial charge on any atom is 0.259 e. The number of aromatic amines is 1.